The van der Waals surface area contributed by atoms with Gasteiger partial charge in [0.1, 0.15) is 0 Å². The zero-order chi connectivity index (χ0) is 15.4. The molecule has 1 aromatic heterocycles. The summed E-state index contributed by atoms with van der Waals surface area (Å²) in [6.07, 6.45) is 1.99. The third-order valence-corrected chi connectivity index (χ3v) is 2.89. The second-order valence-electron chi connectivity index (χ2n) is 4.42. The van der Waals surface area contributed by atoms with Gasteiger partial charge in [0.2, 0.25) is 0 Å². The molecule has 2 rings (SSSR count). The molecule has 0 bridgehead atoms. The van der Waals surface area contributed by atoms with Crippen molar-refractivity contribution in [2.75, 3.05) is 0 Å². The van der Waals surface area contributed by atoms with Crippen molar-refractivity contribution in [1.29, 1.82) is 0 Å². The summed E-state index contributed by atoms with van der Waals surface area (Å²) in [5, 5.41) is 22.6. The average molecular weight is 327 g/mol. The van der Waals surface area contributed by atoms with E-state index in [1.165, 1.54) is 13.0 Å². The van der Waals surface area contributed by atoms with Gasteiger partial charge in [0, 0.05) is 11.0 Å². The van der Waals surface area contributed by atoms with E-state index in [1.807, 2.05) is 18.2 Å². The van der Waals surface area contributed by atoms with Crippen LogP contribution in [0.3, 0.4) is 0 Å². The van der Waals surface area contributed by atoms with Crippen LogP contribution in [0, 0.1) is 0 Å². The number of rotatable bonds is 4. The normalized spacial score (nSPS) is 11.3. The molecule has 106 valence electrons. The van der Waals surface area contributed by atoms with Gasteiger partial charge in [-0.05, 0) is 36.8 Å². The maximum absolute atomic E-state index is 11.1. The van der Waals surface area contributed by atoms with E-state index in [-0.39, 0.29) is 70.3 Å². The first-order chi connectivity index (χ1) is 9.97. The van der Waals surface area contributed by atoms with Gasteiger partial charge in [-0.1, -0.05) is 24.3 Å². The Bertz CT molecular complexity index is 784. The Balaban J connectivity index is 0.00000242. The molecule has 0 aliphatic carbocycles. The number of fused-ring (bicyclic) bond motifs is 1. The molecular weight excluding hydrogens is 316 g/mol. The summed E-state index contributed by atoms with van der Waals surface area (Å²) < 4.78 is 0. The van der Waals surface area contributed by atoms with Gasteiger partial charge in [-0.3, -0.25) is 0 Å². The first-order valence-corrected chi connectivity index (χ1v) is 6.16. The van der Waals surface area contributed by atoms with Gasteiger partial charge in [0.15, 0.2) is 0 Å². The number of para-hydroxylation sites is 1. The standard InChI is InChI=1S/C16H13NO4.2Na/c1-10(8-15(18)19)13(16(20)21)9-12-7-6-11-4-2-3-5-14(11)17-12;;/h2-9H,1H3,(H,18,19)(H,20,21);;/q;2*+1/p-2. The summed E-state index contributed by atoms with van der Waals surface area (Å²) in [4.78, 5) is 26.0. The molecule has 0 spiro atoms. The fourth-order valence-electron chi connectivity index (χ4n) is 1.90. The fraction of sp³-hybridized carbons (Fsp3) is 0.0625. The summed E-state index contributed by atoms with van der Waals surface area (Å²) in [6, 6.07) is 10.8. The van der Waals surface area contributed by atoms with E-state index in [0.29, 0.717) is 17.3 Å². The van der Waals surface area contributed by atoms with Crippen LogP contribution in [0.4, 0.5) is 0 Å². The molecule has 0 N–H and O–H groups in total. The minimum absolute atomic E-state index is 0. The molecular formula is C16H11NNa2O4. The minimum Gasteiger partial charge on any atom is -0.545 e. The summed E-state index contributed by atoms with van der Waals surface area (Å²) in [5.41, 5.74) is 0.899. The van der Waals surface area contributed by atoms with Crippen molar-refractivity contribution in [3.8, 4) is 0 Å². The Morgan fingerprint density at radius 2 is 1.70 bits per heavy atom. The van der Waals surface area contributed by atoms with Crippen molar-refractivity contribution < 1.29 is 78.9 Å². The van der Waals surface area contributed by atoms with Gasteiger partial charge in [-0.2, -0.15) is 0 Å². The van der Waals surface area contributed by atoms with Crippen LogP contribution >= 0.6 is 0 Å². The van der Waals surface area contributed by atoms with Crippen molar-refractivity contribution in [1.82, 2.24) is 4.98 Å². The second kappa shape index (κ2) is 10.0. The maximum atomic E-state index is 11.1. The number of carboxylic acids is 2. The van der Waals surface area contributed by atoms with E-state index < -0.39 is 11.9 Å². The van der Waals surface area contributed by atoms with Crippen molar-refractivity contribution in [3.05, 3.63) is 59.3 Å². The summed E-state index contributed by atoms with van der Waals surface area (Å²) in [5.74, 6) is -2.94. The third kappa shape index (κ3) is 6.22. The average Bonchev–Trinajstić information content (AvgIpc) is 2.43. The van der Waals surface area contributed by atoms with E-state index in [0.717, 1.165) is 5.39 Å². The molecule has 5 nitrogen and oxygen atoms in total. The predicted molar refractivity (Wildman–Crippen MR) is 73.5 cm³/mol. The second-order valence-corrected chi connectivity index (χ2v) is 4.42. The van der Waals surface area contributed by atoms with Crippen LogP contribution in [-0.4, -0.2) is 16.9 Å². The summed E-state index contributed by atoms with van der Waals surface area (Å²) >= 11 is 0. The van der Waals surface area contributed by atoms with E-state index in [4.69, 9.17) is 0 Å². The minimum atomic E-state index is -1.47. The Labute approximate surface area is 177 Å². The number of nitrogens with zero attached hydrogens (tertiary/aromatic N) is 1. The van der Waals surface area contributed by atoms with Gasteiger partial charge in [-0.15, -0.1) is 0 Å². The number of aliphatic carboxylic acids is 2. The molecule has 0 amide bonds. The fourth-order valence-corrected chi connectivity index (χ4v) is 1.90. The third-order valence-electron chi connectivity index (χ3n) is 2.89. The summed E-state index contributed by atoms with van der Waals surface area (Å²) in [7, 11) is 0. The number of carboxylic acid groups (broad SMARTS) is 2. The molecule has 0 atom stereocenters. The number of hydrogen-bond donors (Lipinski definition) is 0. The summed E-state index contributed by atoms with van der Waals surface area (Å²) in [6.45, 7) is 1.36. The molecule has 0 unspecified atom stereocenters. The van der Waals surface area contributed by atoms with Gasteiger partial charge >= 0.3 is 59.1 Å². The van der Waals surface area contributed by atoms with Crippen molar-refractivity contribution in [2.24, 2.45) is 0 Å². The van der Waals surface area contributed by atoms with E-state index in [9.17, 15) is 19.8 Å². The predicted octanol–water partition coefficient (Wildman–Crippen LogP) is -5.93. The van der Waals surface area contributed by atoms with Gasteiger partial charge in [0.25, 0.3) is 0 Å². The van der Waals surface area contributed by atoms with E-state index in [1.54, 1.807) is 18.2 Å². The maximum Gasteiger partial charge on any atom is 1.00 e. The van der Waals surface area contributed by atoms with Crippen molar-refractivity contribution >= 4 is 28.9 Å². The Morgan fingerprint density at radius 3 is 2.30 bits per heavy atom. The SMILES string of the molecule is CC(=CC(=O)[O-])C(=Cc1ccc2ccccc2n1)C(=O)[O-].[Na+].[Na+]. The van der Waals surface area contributed by atoms with Crippen LogP contribution < -0.4 is 69.3 Å². The zero-order valence-corrected chi connectivity index (χ0v) is 17.2. The number of carbonyl (C=O) groups is 2. The molecule has 1 heterocycles. The molecule has 1 aromatic carbocycles. The first kappa shape index (κ1) is 22.1. The van der Waals surface area contributed by atoms with Crippen LogP contribution in [0.5, 0.6) is 0 Å². The first-order valence-electron chi connectivity index (χ1n) is 6.16. The molecule has 0 saturated heterocycles. The molecule has 0 radical (unpaired) electrons. The monoisotopic (exact) mass is 327 g/mol. The molecule has 0 fully saturated rings. The Kier molecular flexibility index (Phi) is 9.61. The topological polar surface area (TPSA) is 93.2 Å². The largest absolute Gasteiger partial charge is 1.00 e. The van der Waals surface area contributed by atoms with Crippen LogP contribution in [0.25, 0.3) is 17.0 Å². The van der Waals surface area contributed by atoms with E-state index >= 15 is 0 Å². The zero-order valence-electron chi connectivity index (χ0n) is 13.2. The number of hydrogen-bond acceptors (Lipinski definition) is 5. The number of benzene rings is 1. The van der Waals surface area contributed by atoms with Gasteiger partial charge in [0.05, 0.1) is 23.1 Å². The quantitative estimate of drug-likeness (QED) is 0.317. The number of pyridine rings is 1. The molecule has 0 aliphatic heterocycles. The van der Waals surface area contributed by atoms with E-state index in [2.05, 4.69) is 4.98 Å². The van der Waals surface area contributed by atoms with Crippen LogP contribution in [-0.2, 0) is 9.59 Å². The van der Waals surface area contributed by atoms with Gasteiger partial charge < -0.3 is 19.8 Å². The molecule has 23 heavy (non-hydrogen) atoms. The molecule has 0 aliphatic rings. The van der Waals surface area contributed by atoms with Crippen LogP contribution in [0.2, 0.25) is 0 Å². The Hall–Kier alpha value is -0.950. The smallest absolute Gasteiger partial charge is 0.545 e. The molecule has 0 saturated carbocycles. The Morgan fingerprint density at radius 1 is 1.04 bits per heavy atom. The number of aromatic nitrogens is 1. The van der Waals surface area contributed by atoms with Crippen LogP contribution in [0.1, 0.15) is 12.6 Å². The van der Waals surface area contributed by atoms with Crippen molar-refractivity contribution in [2.45, 2.75) is 6.92 Å². The van der Waals surface area contributed by atoms with Crippen molar-refractivity contribution in [3.63, 3.8) is 0 Å². The van der Waals surface area contributed by atoms with Crippen LogP contribution in [0.15, 0.2) is 53.6 Å². The molecule has 2 aromatic rings. The number of carbonyl (C=O) groups excluding carboxylic acids is 2. The van der Waals surface area contributed by atoms with Gasteiger partial charge in [-0.25, -0.2) is 4.98 Å². The molecule has 7 heteroatoms.